The lowest BCUT2D eigenvalue weighted by atomic mass is 9.83. The van der Waals surface area contributed by atoms with Crippen LogP contribution < -0.4 is 0 Å². The molecule has 0 spiro atoms. The molecule has 0 aliphatic carbocycles. The highest BCUT2D eigenvalue weighted by Gasteiger charge is 2.50. The van der Waals surface area contributed by atoms with Crippen molar-refractivity contribution in [3.05, 3.63) is 54.6 Å². The molecule has 1 N–H and O–H groups in total. The molecule has 0 radical (unpaired) electrons. The molecule has 258 valence electrons. The molecule has 0 saturated carbocycles. The zero-order chi connectivity index (χ0) is 33.1. The summed E-state index contributed by atoms with van der Waals surface area (Å²) in [7, 11) is -1.99. The Labute approximate surface area is 275 Å². The lowest BCUT2D eigenvalue weighted by Gasteiger charge is -2.38. The van der Waals surface area contributed by atoms with E-state index in [-0.39, 0.29) is 54.9 Å². The molecule has 1 aromatic rings. The summed E-state index contributed by atoms with van der Waals surface area (Å²) in [5.41, 5.74) is 2.13. The average molecular weight is 663 g/mol. The number of rotatable bonds is 14. The summed E-state index contributed by atoms with van der Waals surface area (Å²) in [5.74, 6) is -0.923. The molecule has 4 fully saturated rings. The van der Waals surface area contributed by atoms with Crippen LogP contribution in [0.4, 0.5) is 0 Å². The van der Waals surface area contributed by atoms with Gasteiger partial charge < -0.3 is 33.5 Å². The van der Waals surface area contributed by atoms with Gasteiger partial charge in [-0.3, -0.25) is 0 Å². The Morgan fingerprint density at radius 3 is 2.37 bits per heavy atom. The molecular formula is C36H54O9S. The Kier molecular flexibility index (Phi) is 11.9. The third-order valence-electron chi connectivity index (χ3n) is 10.2. The summed E-state index contributed by atoms with van der Waals surface area (Å²) in [5, 5.41) is 9.20. The van der Waals surface area contributed by atoms with E-state index < -0.39 is 33.8 Å². The number of benzene rings is 1. The molecule has 4 heterocycles. The number of aliphatic hydroxyl groups is 1. The average Bonchev–Trinajstić information content (AvgIpc) is 3.66. The van der Waals surface area contributed by atoms with Gasteiger partial charge in [0.25, 0.3) is 0 Å². The van der Waals surface area contributed by atoms with Crippen LogP contribution in [0.2, 0.25) is 0 Å². The number of sulfone groups is 1. The van der Waals surface area contributed by atoms with E-state index in [0.717, 1.165) is 49.7 Å². The molecule has 2 unspecified atom stereocenters. The Balaban J connectivity index is 1.29. The maximum Gasteiger partial charge on any atom is 0.178 e. The van der Waals surface area contributed by atoms with Crippen LogP contribution in [0, 0.1) is 11.8 Å². The molecule has 9 nitrogen and oxygen atoms in total. The first-order valence-electron chi connectivity index (χ1n) is 16.9. The largest absolute Gasteiger partial charge is 0.396 e. The number of ether oxygens (including phenoxy) is 6. The molecule has 0 bridgehead atoms. The lowest BCUT2D eigenvalue weighted by Crippen LogP contribution is -2.40. The Bertz CT molecular complexity index is 1280. The summed E-state index contributed by atoms with van der Waals surface area (Å²) < 4.78 is 65.0. The fourth-order valence-electron chi connectivity index (χ4n) is 7.70. The number of aliphatic hydroxyl groups excluding tert-OH is 1. The predicted molar refractivity (Wildman–Crippen MR) is 175 cm³/mol. The van der Waals surface area contributed by atoms with Crippen LogP contribution in [0.25, 0.3) is 0 Å². The Morgan fingerprint density at radius 2 is 1.70 bits per heavy atom. The maximum absolute atomic E-state index is 13.7. The van der Waals surface area contributed by atoms with Crippen LogP contribution in [-0.2, 0) is 38.3 Å². The van der Waals surface area contributed by atoms with Crippen molar-refractivity contribution in [3.63, 3.8) is 0 Å². The van der Waals surface area contributed by atoms with Gasteiger partial charge in [0.05, 0.1) is 66.1 Å². The lowest BCUT2D eigenvalue weighted by molar-refractivity contribution is -0.144. The molecule has 10 atom stereocenters. The van der Waals surface area contributed by atoms with Crippen molar-refractivity contribution in [1.82, 2.24) is 0 Å². The molecule has 5 rings (SSSR count). The van der Waals surface area contributed by atoms with E-state index >= 15 is 0 Å². The van der Waals surface area contributed by atoms with Crippen LogP contribution in [-0.4, -0.2) is 94.2 Å². The fourth-order valence-corrected chi connectivity index (χ4v) is 9.37. The molecule has 46 heavy (non-hydrogen) atoms. The molecule has 4 saturated heterocycles. The van der Waals surface area contributed by atoms with Crippen LogP contribution in [0.15, 0.2) is 59.5 Å². The number of hydrogen-bond donors (Lipinski definition) is 1. The summed E-state index contributed by atoms with van der Waals surface area (Å²) in [6.07, 6.45) is 4.48. The van der Waals surface area contributed by atoms with E-state index in [1.165, 1.54) is 0 Å². The standard InChI is InChI=1S/C36H54O9S/c1-23-17-27(14-15-31-24(2)18-26(42-31)11-10-16-37)43-32(25(23)3)20-33-30(22-46(38,39)29-12-8-7-9-13-29)35(40-6)34(44-33)19-28-21-41-36(4,5)45-28/h7-9,12-13,23,26-28,30-35,37H,2-3,10-11,14-22H2,1,4-6H3/t23-,26+,27+,28+,30?,31+,32?,33+,34-,35-/m1/s1. The number of methoxy groups -OCH3 is 1. The summed E-state index contributed by atoms with van der Waals surface area (Å²) in [6, 6.07) is 8.58. The van der Waals surface area contributed by atoms with Gasteiger partial charge in [0.1, 0.15) is 0 Å². The summed E-state index contributed by atoms with van der Waals surface area (Å²) >= 11 is 0. The highest BCUT2D eigenvalue weighted by atomic mass is 32.2. The monoisotopic (exact) mass is 662 g/mol. The predicted octanol–water partition coefficient (Wildman–Crippen LogP) is 5.41. The smallest absolute Gasteiger partial charge is 0.178 e. The summed E-state index contributed by atoms with van der Waals surface area (Å²) in [6.45, 7) is 15.3. The second-order valence-corrected chi connectivity index (χ2v) is 16.1. The van der Waals surface area contributed by atoms with Crippen LogP contribution >= 0.6 is 0 Å². The van der Waals surface area contributed by atoms with E-state index in [0.29, 0.717) is 24.3 Å². The normalized spacial score (nSPS) is 36.5. The van der Waals surface area contributed by atoms with Gasteiger partial charge in [0.15, 0.2) is 15.6 Å². The van der Waals surface area contributed by atoms with E-state index in [9.17, 15) is 13.5 Å². The van der Waals surface area contributed by atoms with E-state index in [4.69, 9.17) is 28.4 Å². The first kappa shape index (κ1) is 35.7. The van der Waals surface area contributed by atoms with Gasteiger partial charge in [-0.2, -0.15) is 0 Å². The maximum atomic E-state index is 13.7. The van der Waals surface area contributed by atoms with Crippen molar-refractivity contribution in [2.45, 2.75) is 132 Å². The van der Waals surface area contributed by atoms with Crippen LogP contribution in [0.5, 0.6) is 0 Å². The van der Waals surface area contributed by atoms with Crippen LogP contribution in [0.3, 0.4) is 0 Å². The third-order valence-corrected chi connectivity index (χ3v) is 12.0. The van der Waals surface area contributed by atoms with E-state index in [1.54, 1.807) is 31.4 Å². The minimum Gasteiger partial charge on any atom is -0.396 e. The van der Waals surface area contributed by atoms with Crippen molar-refractivity contribution in [1.29, 1.82) is 0 Å². The second kappa shape index (κ2) is 15.3. The Morgan fingerprint density at radius 1 is 0.957 bits per heavy atom. The van der Waals surface area contributed by atoms with E-state index in [1.807, 2.05) is 19.9 Å². The SMILES string of the molecule is C=C1C(C[C@@H]2O[C@H](C[C@H]3COC(C)(C)O3)[C@H](OC)C2CS(=O)(=O)c2ccccc2)O[C@@H](CC[C@@H]2O[C@@H](CCCO)CC2=C)C[C@H]1C. The molecule has 0 amide bonds. The van der Waals surface area contributed by atoms with Crippen molar-refractivity contribution < 1.29 is 41.9 Å². The fraction of sp³-hybridized carbons (Fsp3) is 0.722. The molecule has 4 aliphatic heterocycles. The zero-order valence-corrected chi connectivity index (χ0v) is 28.8. The second-order valence-electron chi connectivity index (χ2n) is 14.1. The minimum absolute atomic E-state index is 0.00639. The zero-order valence-electron chi connectivity index (χ0n) is 28.0. The first-order chi connectivity index (χ1) is 21.9. The Hall–Kier alpha value is -1.63. The van der Waals surface area contributed by atoms with E-state index in [2.05, 4.69) is 20.1 Å². The van der Waals surface area contributed by atoms with Crippen molar-refractivity contribution >= 4 is 9.84 Å². The van der Waals surface area contributed by atoms with Gasteiger partial charge in [0, 0.05) is 32.5 Å². The molecule has 1 aromatic carbocycles. The van der Waals surface area contributed by atoms with Crippen LogP contribution in [0.1, 0.15) is 72.1 Å². The topological polar surface area (TPSA) is 110 Å². The highest BCUT2D eigenvalue weighted by Crippen LogP contribution is 2.42. The highest BCUT2D eigenvalue weighted by molar-refractivity contribution is 7.91. The number of hydrogen-bond acceptors (Lipinski definition) is 9. The quantitative estimate of drug-likeness (QED) is 0.262. The molecular weight excluding hydrogens is 608 g/mol. The molecule has 10 heteroatoms. The summed E-state index contributed by atoms with van der Waals surface area (Å²) in [4.78, 5) is 0.294. The van der Waals surface area contributed by atoms with Gasteiger partial charge in [-0.15, -0.1) is 0 Å². The molecule has 0 aromatic heterocycles. The van der Waals surface area contributed by atoms with Gasteiger partial charge in [0.2, 0.25) is 0 Å². The third kappa shape index (κ3) is 8.69. The van der Waals surface area contributed by atoms with Gasteiger partial charge in [-0.05, 0) is 81.6 Å². The van der Waals surface area contributed by atoms with Gasteiger partial charge in [-0.1, -0.05) is 38.3 Å². The van der Waals surface area contributed by atoms with Crippen molar-refractivity contribution in [3.8, 4) is 0 Å². The minimum atomic E-state index is -3.61. The van der Waals surface area contributed by atoms with Gasteiger partial charge in [-0.25, -0.2) is 8.42 Å². The van der Waals surface area contributed by atoms with Gasteiger partial charge >= 0.3 is 0 Å². The first-order valence-corrected chi connectivity index (χ1v) is 18.6. The van der Waals surface area contributed by atoms with Crippen molar-refractivity contribution in [2.75, 3.05) is 26.1 Å². The molecule has 4 aliphatic rings. The van der Waals surface area contributed by atoms with Crippen molar-refractivity contribution in [2.24, 2.45) is 11.8 Å².